The predicted octanol–water partition coefficient (Wildman–Crippen LogP) is 3.96. The number of nitrogens with zero attached hydrogens (tertiary/aromatic N) is 4. The minimum atomic E-state index is -1.47. The molecule has 4 atom stereocenters. The summed E-state index contributed by atoms with van der Waals surface area (Å²) >= 11 is 0.958. The molecule has 0 N–H and O–H groups in total. The lowest BCUT2D eigenvalue weighted by molar-refractivity contribution is -0.177. The van der Waals surface area contributed by atoms with Gasteiger partial charge in [-0.2, -0.15) is 4.37 Å². The Morgan fingerprint density at radius 1 is 0.776 bits per heavy atom. The summed E-state index contributed by atoms with van der Waals surface area (Å²) in [5.74, 6) is -2.05. The second-order valence-corrected chi connectivity index (χ2v) is 17.7. The number of aromatic nitrogens is 2. The number of anilines is 1. The van der Waals surface area contributed by atoms with Crippen LogP contribution < -0.4 is 9.64 Å². The number of ether oxygens (including phenoxy) is 7. The Hall–Kier alpha value is -3.42. The van der Waals surface area contributed by atoms with Gasteiger partial charge in [-0.25, -0.2) is 4.79 Å². The molecule has 2 rings (SSSR count). The van der Waals surface area contributed by atoms with Gasteiger partial charge in [0.1, 0.15) is 54.4 Å². The molecule has 0 bridgehead atoms. The van der Waals surface area contributed by atoms with Gasteiger partial charge in [-0.05, 0) is 103 Å². The van der Waals surface area contributed by atoms with E-state index in [1.165, 1.54) is 53.4 Å². The number of amides is 1. The molecule has 1 aliphatic heterocycles. The summed E-state index contributed by atoms with van der Waals surface area (Å²) in [5.41, 5.74) is -6.19. The van der Waals surface area contributed by atoms with E-state index in [1.807, 2.05) is 4.90 Å². The highest BCUT2D eigenvalue weighted by atomic mass is 32.1. The summed E-state index contributed by atoms with van der Waals surface area (Å²) in [6.07, 6.45) is -2.93. The van der Waals surface area contributed by atoms with Crippen LogP contribution in [-0.2, 0) is 57.2 Å². The molecule has 58 heavy (non-hydrogen) atoms. The van der Waals surface area contributed by atoms with Crippen LogP contribution in [0.15, 0.2) is 0 Å². The number of Topliss-reactive ketones (excluding diaryl/α,β-unsaturated/α-hetero) is 4. The third-order valence-electron chi connectivity index (χ3n) is 10.2. The van der Waals surface area contributed by atoms with Crippen molar-refractivity contribution in [3.63, 3.8) is 0 Å². The molecule has 1 saturated heterocycles. The Bertz CT molecular complexity index is 1600. The van der Waals surface area contributed by atoms with Crippen LogP contribution in [0.2, 0.25) is 0 Å². The van der Waals surface area contributed by atoms with Crippen molar-refractivity contribution in [1.29, 1.82) is 0 Å². The van der Waals surface area contributed by atoms with Crippen molar-refractivity contribution in [2.45, 2.75) is 157 Å². The van der Waals surface area contributed by atoms with Crippen molar-refractivity contribution >= 4 is 52.6 Å². The van der Waals surface area contributed by atoms with E-state index < -0.39 is 82.9 Å². The highest BCUT2D eigenvalue weighted by Gasteiger charge is 2.42. The minimum Gasteiger partial charge on any atom is -0.470 e. The van der Waals surface area contributed by atoms with E-state index in [1.54, 1.807) is 55.4 Å². The smallest absolute Gasteiger partial charge is 0.332 e. The fourth-order valence-electron chi connectivity index (χ4n) is 5.74. The summed E-state index contributed by atoms with van der Waals surface area (Å²) in [5, 5.41) is 0. The third kappa shape index (κ3) is 14.4. The number of rotatable bonds is 24. The van der Waals surface area contributed by atoms with Crippen molar-refractivity contribution in [2.75, 3.05) is 57.6 Å². The van der Waals surface area contributed by atoms with Gasteiger partial charge >= 0.3 is 5.97 Å². The molecule has 330 valence electrons. The van der Waals surface area contributed by atoms with E-state index in [-0.39, 0.29) is 37.0 Å². The van der Waals surface area contributed by atoms with Gasteiger partial charge in [-0.15, -0.1) is 4.37 Å². The van der Waals surface area contributed by atoms with Gasteiger partial charge in [0.25, 0.3) is 5.88 Å². The highest BCUT2D eigenvalue weighted by Crippen LogP contribution is 2.28. The van der Waals surface area contributed by atoms with E-state index in [0.717, 1.165) is 11.7 Å². The maximum atomic E-state index is 13.9. The number of ketones is 4. The molecular weight excluding hydrogens is 777 g/mol. The van der Waals surface area contributed by atoms with Gasteiger partial charge in [0.15, 0.2) is 29.2 Å². The fourth-order valence-corrected chi connectivity index (χ4v) is 6.26. The largest absolute Gasteiger partial charge is 0.470 e. The summed E-state index contributed by atoms with van der Waals surface area (Å²) in [6.45, 7) is 24.4. The van der Waals surface area contributed by atoms with E-state index in [4.69, 9.17) is 33.2 Å². The third-order valence-corrected chi connectivity index (χ3v) is 10.7. The molecule has 1 amide bonds. The first-order chi connectivity index (χ1) is 26.6. The molecule has 0 radical (unpaired) electrons. The van der Waals surface area contributed by atoms with Gasteiger partial charge in [0.2, 0.25) is 11.7 Å². The summed E-state index contributed by atoms with van der Waals surface area (Å²) in [4.78, 5) is 81.8. The van der Waals surface area contributed by atoms with Crippen molar-refractivity contribution < 1.29 is 61.9 Å². The molecule has 0 saturated carbocycles. The number of hydrogen-bond donors (Lipinski definition) is 0. The first-order valence-corrected chi connectivity index (χ1v) is 20.3. The molecule has 17 nitrogen and oxygen atoms in total. The van der Waals surface area contributed by atoms with Crippen molar-refractivity contribution in [2.24, 2.45) is 0 Å². The van der Waals surface area contributed by atoms with Crippen LogP contribution in [0, 0.1) is 0 Å². The first-order valence-electron chi connectivity index (χ1n) is 19.6. The molecule has 0 spiro atoms. The number of hydrogen-bond acceptors (Lipinski definition) is 17. The standard InChI is InChI=1S/C40H66N4O13S/c1-16-40(15,33(50)26(3)57-38(11,12)28(5)46)54-24-31(48)55-29(22-52-35-34(41-58-42-35)43-17-19-51-20-18-43)21-44(36(6,7)8)30(47)23-53-39(13,14)32(49)25(2)56-37(9,10)27(4)45/h25-26,29H,16-24H2,1-15H3/t25?,26?,29-,40?/m0/s1. The number of carbonyl (C=O) groups is 6. The molecule has 2 heterocycles. The van der Waals surface area contributed by atoms with Gasteiger partial charge in [-0.3, -0.25) is 24.0 Å². The lowest BCUT2D eigenvalue weighted by atomic mass is 9.93. The Kier molecular flexibility index (Phi) is 18.1. The SMILES string of the molecule is CCC(C)(OCC(=O)O[C@H](COc1nsnc1N1CCOCC1)CN(C(=O)COC(C)(C)C(=O)C(C)OC(C)(C)C(C)=O)C(C)(C)C)C(=O)C(C)OC(C)(C)C(C)=O. The molecule has 1 aromatic heterocycles. The normalized spacial score (nSPS) is 16.8. The van der Waals surface area contributed by atoms with Crippen molar-refractivity contribution in [3.8, 4) is 5.88 Å². The molecule has 0 aromatic carbocycles. The first kappa shape index (κ1) is 50.7. The van der Waals surface area contributed by atoms with E-state index in [2.05, 4.69) is 8.75 Å². The van der Waals surface area contributed by atoms with Gasteiger partial charge < -0.3 is 43.0 Å². The maximum Gasteiger partial charge on any atom is 0.332 e. The van der Waals surface area contributed by atoms with Crippen molar-refractivity contribution in [3.05, 3.63) is 0 Å². The van der Waals surface area contributed by atoms with E-state index >= 15 is 0 Å². The Morgan fingerprint density at radius 2 is 1.31 bits per heavy atom. The molecular formula is C40H66N4O13S. The summed E-state index contributed by atoms with van der Waals surface area (Å²) in [6, 6.07) is 0. The molecule has 1 aliphatic rings. The number of morpholine rings is 1. The van der Waals surface area contributed by atoms with Crippen LogP contribution >= 0.6 is 11.7 Å². The molecule has 0 aliphatic carbocycles. The molecule has 18 heteroatoms. The Balaban J connectivity index is 2.31. The molecule has 1 fully saturated rings. The van der Waals surface area contributed by atoms with Crippen LogP contribution in [0.3, 0.4) is 0 Å². The van der Waals surface area contributed by atoms with Gasteiger partial charge in [-0.1, -0.05) is 6.92 Å². The Labute approximate surface area is 347 Å². The number of esters is 1. The van der Waals surface area contributed by atoms with Crippen LogP contribution in [0.4, 0.5) is 5.82 Å². The average Bonchev–Trinajstić information content (AvgIpc) is 3.61. The zero-order valence-electron chi connectivity index (χ0n) is 37.1. The summed E-state index contributed by atoms with van der Waals surface area (Å²) in [7, 11) is 0. The maximum absolute atomic E-state index is 13.9. The zero-order chi connectivity index (χ0) is 44.4. The van der Waals surface area contributed by atoms with Crippen molar-refractivity contribution in [1.82, 2.24) is 13.6 Å². The van der Waals surface area contributed by atoms with E-state index in [9.17, 15) is 28.8 Å². The summed E-state index contributed by atoms with van der Waals surface area (Å²) < 4.78 is 49.5. The van der Waals surface area contributed by atoms with Gasteiger partial charge in [0.05, 0.1) is 31.5 Å². The average molecular weight is 843 g/mol. The highest BCUT2D eigenvalue weighted by molar-refractivity contribution is 6.99. The lowest BCUT2D eigenvalue weighted by Gasteiger charge is -2.39. The van der Waals surface area contributed by atoms with Crippen LogP contribution in [0.25, 0.3) is 0 Å². The quantitative estimate of drug-likeness (QED) is 0.135. The Morgan fingerprint density at radius 3 is 1.81 bits per heavy atom. The predicted molar refractivity (Wildman–Crippen MR) is 215 cm³/mol. The van der Waals surface area contributed by atoms with Crippen LogP contribution in [0.1, 0.15) is 110 Å². The fraction of sp³-hybridized carbons (Fsp3) is 0.800. The second-order valence-electron chi connectivity index (χ2n) is 17.1. The zero-order valence-corrected chi connectivity index (χ0v) is 37.9. The molecule has 3 unspecified atom stereocenters. The van der Waals surface area contributed by atoms with Crippen LogP contribution in [0.5, 0.6) is 5.88 Å². The van der Waals surface area contributed by atoms with Crippen LogP contribution in [-0.4, -0.2) is 148 Å². The topological polar surface area (TPSA) is 199 Å². The monoisotopic (exact) mass is 842 g/mol. The lowest BCUT2D eigenvalue weighted by Crippen LogP contribution is -2.54. The van der Waals surface area contributed by atoms with Gasteiger partial charge in [0, 0.05) is 18.6 Å². The molecule has 1 aromatic rings. The number of carbonyl (C=O) groups excluding carboxylic acids is 6. The minimum absolute atomic E-state index is 0.169. The second kappa shape index (κ2) is 20.7. The van der Waals surface area contributed by atoms with E-state index in [0.29, 0.717) is 32.1 Å².